The minimum atomic E-state index is -1.45. The van der Waals surface area contributed by atoms with Gasteiger partial charge < -0.3 is 9.47 Å². The maximum atomic E-state index is 12.0. The molecule has 0 saturated heterocycles. The van der Waals surface area contributed by atoms with Crippen molar-refractivity contribution in [3.05, 3.63) is 53.3 Å². The summed E-state index contributed by atoms with van der Waals surface area (Å²) in [5, 5.41) is 0. The molecule has 0 fully saturated rings. The Morgan fingerprint density at radius 1 is 1.17 bits per heavy atom. The second-order valence-electron chi connectivity index (χ2n) is 4.86. The number of carbonyl (C=O) groups is 4. The third-order valence-corrected chi connectivity index (χ3v) is 3.18. The van der Waals surface area contributed by atoms with Crippen LogP contribution in [0.2, 0.25) is 0 Å². The molecule has 0 spiro atoms. The first-order valence-electron chi connectivity index (χ1n) is 6.76. The largest absolute Gasteiger partial charge is 0.465 e. The Morgan fingerprint density at radius 3 is 2.39 bits per heavy atom. The second kappa shape index (κ2) is 6.83. The molecule has 1 heterocycles. The van der Waals surface area contributed by atoms with Crippen LogP contribution in [-0.4, -0.2) is 30.6 Å². The molecule has 1 aromatic rings. The molecule has 0 radical (unpaired) electrons. The maximum absolute atomic E-state index is 12.0. The molecule has 0 amide bonds. The Labute approximate surface area is 132 Å². The molecule has 1 aliphatic rings. The van der Waals surface area contributed by atoms with Crippen molar-refractivity contribution >= 4 is 29.6 Å². The van der Waals surface area contributed by atoms with Gasteiger partial charge in [-0.05, 0) is 30.7 Å². The van der Waals surface area contributed by atoms with E-state index < -0.39 is 29.4 Å². The molecule has 0 saturated carbocycles. The average Bonchev–Trinajstić information content (AvgIpc) is 2.51. The van der Waals surface area contributed by atoms with Gasteiger partial charge in [0, 0.05) is 6.08 Å². The first-order chi connectivity index (χ1) is 10.9. The lowest BCUT2D eigenvalue weighted by molar-refractivity contribution is -0.151. The number of ketones is 2. The van der Waals surface area contributed by atoms with Crippen molar-refractivity contribution in [1.29, 1.82) is 0 Å². The van der Waals surface area contributed by atoms with Crippen molar-refractivity contribution in [2.24, 2.45) is 5.92 Å². The van der Waals surface area contributed by atoms with Crippen LogP contribution in [0.1, 0.15) is 22.8 Å². The Morgan fingerprint density at radius 2 is 1.83 bits per heavy atom. The smallest absolute Gasteiger partial charge is 0.337 e. The van der Waals surface area contributed by atoms with Crippen molar-refractivity contribution in [2.75, 3.05) is 7.11 Å². The van der Waals surface area contributed by atoms with E-state index in [9.17, 15) is 19.2 Å². The predicted octanol–water partition coefficient (Wildman–Crippen LogP) is 1.70. The van der Waals surface area contributed by atoms with Crippen molar-refractivity contribution in [3.8, 4) is 0 Å². The molecular formula is C17H14O6. The first kappa shape index (κ1) is 16.4. The number of rotatable bonds is 4. The molecular weight excluding hydrogens is 300 g/mol. The predicted molar refractivity (Wildman–Crippen MR) is 80.2 cm³/mol. The number of esters is 2. The number of ether oxygens (including phenoxy) is 2. The lowest BCUT2D eigenvalue weighted by Gasteiger charge is -2.15. The normalized spacial score (nSPS) is 17.7. The van der Waals surface area contributed by atoms with Gasteiger partial charge in [-0.2, -0.15) is 0 Å². The van der Waals surface area contributed by atoms with Crippen LogP contribution < -0.4 is 0 Å². The van der Waals surface area contributed by atoms with E-state index in [0.29, 0.717) is 11.1 Å². The fourth-order valence-corrected chi connectivity index (χ4v) is 2.03. The second-order valence-corrected chi connectivity index (χ2v) is 4.86. The zero-order chi connectivity index (χ0) is 17.0. The highest BCUT2D eigenvalue weighted by molar-refractivity contribution is 6.25. The van der Waals surface area contributed by atoms with Gasteiger partial charge in [0.2, 0.25) is 0 Å². The van der Waals surface area contributed by atoms with E-state index in [-0.39, 0.29) is 5.76 Å². The molecule has 0 aliphatic carbocycles. The molecule has 118 valence electrons. The van der Waals surface area contributed by atoms with Gasteiger partial charge in [0.15, 0.2) is 17.5 Å². The van der Waals surface area contributed by atoms with E-state index in [0.717, 1.165) is 12.2 Å². The maximum Gasteiger partial charge on any atom is 0.337 e. The van der Waals surface area contributed by atoms with Gasteiger partial charge in [0.1, 0.15) is 5.76 Å². The molecule has 0 bridgehead atoms. The highest BCUT2D eigenvalue weighted by Crippen LogP contribution is 2.17. The van der Waals surface area contributed by atoms with Crippen LogP contribution in [0.15, 0.2) is 42.2 Å². The van der Waals surface area contributed by atoms with Crippen molar-refractivity contribution in [2.45, 2.75) is 6.92 Å². The fraction of sp³-hybridized carbons (Fsp3) is 0.176. The van der Waals surface area contributed by atoms with Gasteiger partial charge >= 0.3 is 11.9 Å². The number of benzene rings is 1. The Kier molecular flexibility index (Phi) is 4.85. The average molecular weight is 314 g/mol. The van der Waals surface area contributed by atoms with Crippen LogP contribution in [0, 0.1) is 5.92 Å². The van der Waals surface area contributed by atoms with Crippen LogP contribution in [0.5, 0.6) is 0 Å². The molecule has 0 N–H and O–H groups in total. The number of allylic oxidation sites excluding steroid dienone is 3. The quantitative estimate of drug-likeness (QED) is 0.477. The summed E-state index contributed by atoms with van der Waals surface area (Å²) in [7, 11) is 1.28. The summed E-state index contributed by atoms with van der Waals surface area (Å²) >= 11 is 0. The van der Waals surface area contributed by atoms with E-state index in [4.69, 9.17) is 4.74 Å². The van der Waals surface area contributed by atoms with Gasteiger partial charge in [-0.3, -0.25) is 14.4 Å². The molecule has 0 aromatic heterocycles. The third kappa shape index (κ3) is 3.79. The molecule has 1 aromatic carbocycles. The molecule has 1 atom stereocenters. The monoisotopic (exact) mass is 314 g/mol. The minimum absolute atomic E-state index is 0.173. The molecule has 6 nitrogen and oxygen atoms in total. The summed E-state index contributed by atoms with van der Waals surface area (Å²) in [6.45, 7) is 1.47. The van der Waals surface area contributed by atoms with Gasteiger partial charge in [-0.25, -0.2) is 4.79 Å². The summed E-state index contributed by atoms with van der Waals surface area (Å²) in [4.78, 5) is 46.7. The lowest BCUT2D eigenvalue weighted by atomic mass is 9.96. The van der Waals surface area contributed by atoms with Crippen LogP contribution in [-0.2, 0) is 23.9 Å². The highest BCUT2D eigenvalue weighted by atomic mass is 16.5. The summed E-state index contributed by atoms with van der Waals surface area (Å²) in [5.41, 5.74) is 1.01. The molecule has 6 heteroatoms. The number of hydrogen-bond donors (Lipinski definition) is 0. The first-order valence-corrected chi connectivity index (χ1v) is 6.76. The molecule has 1 aliphatic heterocycles. The standard InChI is InChI=1S/C17H14O6/c1-10-9-14(19)15(17(21)23-10)13(18)8-5-11-3-6-12(7-4-11)16(20)22-2/h3-9,15H,1-2H3/b8-5+/t15-/m0/s1. The number of methoxy groups -OCH3 is 1. The summed E-state index contributed by atoms with van der Waals surface area (Å²) in [6, 6.07) is 6.31. The fourth-order valence-electron chi connectivity index (χ4n) is 2.03. The zero-order valence-corrected chi connectivity index (χ0v) is 12.6. The van der Waals surface area contributed by atoms with Crippen molar-refractivity contribution < 1.29 is 28.7 Å². The Bertz CT molecular complexity index is 724. The van der Waals surface area contributed by atoms with Crippen molar-refractivity contribution in [3.63, 3.8) is 0 Å². The lowest BCUT2D eigenvalue weighted by Crippen LogP contribution is -2.34. The van der Waals surface area contributed by atoms with Crippen molar-refractivity contribution in [1.82, 2.24) is 0 Å². The van der Waals surface area contributed by atoms with E-state index in [1.54, 1.807) is 24.3 Å². The topological polar surface area (TPSA) is 86.7 Å². The SMILES string of the molecule is COC(=O)c1ccc(/C=C/C(=O)[C@H]2C(=O)C=C(C)OC2=O)cc1. The summed E-state index contributed by atoms with van der Waals surface area (Å²) in [6.07, 6.45) is 3.73. The van der Waals surface area contributed by atoms with Crippen LogP contribution in [0.3, 0.4) is 0 Å². The molecule has 23 heavy (non-hydrogen) atoms. The molecule has 0 unspecified atom stereocenters. The van der Waals surface area contributed by atoms with Gasteiger partial charge in [0.05, 0.1) is 12.7 Å². The Hall–Kier alpha value is -3.02. The number of cyclic esters (lactones) is 1. The van der Waals surface area contributed by atoms with Gasteiger partial charge in [-0.15, -0.1) is 0 Å². The van der Waals surface area contributed by atoms with Crippen LogP contribution in [0.25, 0.3) is 6.08 Å². The number of hydrogen-bond acceptors (Lipinski definition) is 6. The van der Waals surface area contributed by atoms with E-state index in [2.05, 4.69) is 4.74 Å². The van der Waals surface area contributed by atoms with Crippen LogP contribution >= 0.6 is 0 Å². The van der Waals surface area contributed by atoms with E-state index in [1.165, 1.54) is 20.1 Å². The minimum Gasteiger partial charge on any atom is -0.465 e. The van der Waals surface area contributed by atoms with Gasteiger partial charge in [0.25, 0.3) is 0 Å². The van der Waals surface area contributed by atoms with E-state index >= 15 is 0 Å². The Balaban J connectivity index is 2.11. The summed E-state index contributed by atoms with van der Waals surface area (Å²) < 4.78 is 9.37. The van der Waals surface area contributed by atoms with E-state index in [1.807, 2.05) is 0 Å². The number of carbonyl (C=O) groups excluding carboxylic acids is 4. The summed E-state index contributed by atoms with van der Waals surface area (Å²) in [5.74, 6) is -3.86. The van der Waals surface area contributed by atoms with Crippen LogP contribution in [0.4, 0.5) is 0 Å². The zero-order valence-electron chi connectivity index (χ0n) is 12.6. The van der Waals surface area contributed by atoms with Gasteiger partial charge in [-0.1, -0.05) is 18.2 Å². The molecule has 2 rings (SSSR count). The third-order valence-electron chi connectivity index (χ3n) is 3.18. The highest BCUT2D eigenvalue weighted by Gasteiger charge is 2.36.